The first-order valence-corrected chi connectivity index (χ1v) is 8.05. The number of rotatable bonds is 5. The van der Waals surface area contributed by atoms with Crippen LogP contribution < -0.4 is 5.32 Å². The molecular formula is C17H26ClN. The maximum absolute atomic E-state index is 6.30. The third kappa shape index (κ3) is 4.22. The predicted molar refractivity (Wildman–Crippen MR) is 83.7 cm³/mol. The Kier molecular flexibility index (Phi) is 5.72. The van der Waals surface area contributed by atoms with Gasteiger partial charge < -0.3 is 5.32 Å². The van der Waals surface area contributed by atoms with Crippen molar-refractivity contribution in [3.63, 3.8) is 0 Å². The summed E-state index contributed by atoms with van der Waals surface area (Å²) in [6.07, 6.45) is 6.56. The molecule has 0 aromatic heterocycles. The molecule has 1 N–H and O–H groups in total. The quantitative estimate of drug-likeness (QED) is 0.825. The largest absolute Gasteiger partial charge is 0.314 e. The van der Waals surface area contributed by atoms with Gasteiger partial charge in [-0.3, -0.25) is 0 Å². The van der Waals surface area contributed by atoms with Crippen molar-refractivity contribution >= 4 is 11.6 Å². The minimum absolute atomic E-state index is 0.581. The van der Waals surface area contributed by atoms with Crippen LogP contribution in [0.2, 0.25) is 5.02 Å². The lowest BCUT2D eigenvalue weighted by Crippen LogP contribution is -2.39. The zero-order chi connectivity index (χ0) is 13.7. The summed E-state index contributed by atoms with van der Waals surface area (Å²) in [4.78, 5) is 0. The van der Waals surface area contributed by atoms with Gasteiger partial charge in [0, 0.05) is 11.1 Å². The highest BCUT2D eigenvalue weighted by molar-refractivity contribution is 6.31. The summed E-state index contributed by atoms with van der Waals surface area (Å²) in [5.41, 5.74) is 1.29. The van der Waals surface area contributed by atoms with Gasteiger partial charge in [0.05, 0.1) is 0 Å². The van der Waals surface area contributed by atoms with E-state index in [1.165, 1.54) is 31.2 Å². The summed E-state index contributed by atoms with van der Waals surface area (Å²) in [6, 6.07) is 8.85. The molecule has 19 heavy (non-hydrogen) atoms. The summed E-state index contributed by atoms with van der Waals surface area (Å²) in [5, 5.41) is 4.60. The van der Waals surface area contributed by atoms with E-state index in [1.54, 1.807) is 0 Å². The van der Waals surface area contributed by atoms with Crippen LogP contribution in [0.4, 0.5) is 0 Å². The van der Waals surface area contributed by atoms with Crippen LogP contribution in [0.5, 0.6) is 0 Å². The Morgan fingerprint density at radius 1 is 1.21 bits per heavy atom. The van der Waals surface area contributed by atoms with Crippen molar-refractivity contribution in [3.05, 3.63) is 34.9 Å². The molecule has 0 aliphatic heterocycles. The molecule has 0 amide bonds. The molecule has 1 nitrogen and oxygen atoms in total. The molecule has 1 atom stereocenters. The number of hydrogen-bond donors (Lipinski definition) is 1. The van der Waals surface area contributed by atoms with Gasteiger partial charge in [-0.1, -0.05) is 56.5 Å². The highest BCUT2D eigenvalue weighted by Gasteiger charge is 2.26. The average molecular weight is 280 g/mol. The maximum atomic E-state index is 6.30. The van der Waals surface area contributed by atoms with Crippen molar-refractivity contribution in [2.45, 2.75) is 52.0 Å². The van der Waals surface area contributed by atoms with E-state index in [1.807, 2.05) is 12.1 Å². The van der Waals surface area contributed by atoms with Gasteiger partial charge in [0.2, 0.25) is 0 Å². The SMILES string of the molecule is CCNC(Cc1ccccc1Cl)C1CCC(C)CC1. The summed E-state index contributed by atoms with van der Waals surface area (Å²) < 4.78 is 0. The van der Waals surface area contributed by atoms with Crippen LogP contribution in [0.1, 0.15) is 45.1 Å². The zero-order valence-corrected chi connectivity index (χ0v) is 12.9. The van der Waals surface area contributed by atoms with Crippen molar-refractivity contribution in [2.24, 2.45) is 11.8 Å². The molecule has 0 spiro atoms. The lowest BCUT2D eigenvalue weighted by atomic mass is 9.77. The Labute approximate surface area is 122 Å². The smallest absolute Gasteiger partial charge is 0.0438 e. The fourth-order valence-electron chi connectivity index (χ4n) is 3.26. The molecular weight excluding hydrogens is 254 g/mol. The van der Waals surface area contributed by atoms with E-state index < -0.39 is 0 Å². The average Bonchev–Trinajstić information content (AvgIpc) is 2.42. The normalized spacial score (nSPS) is 25.2. The minimum Gasteiger partial charge on any atom is -0.314 e. The molecule has 0 radical (unpaired) electrons. The first-order chi connectivity index (χ1) is 9.20. The van der Waals surface area contributed by atoms with Crippen LogP contribution >= 0.6 is 11.6 Å². The summed E-state index contributed by atoms with van der Waals surface area (Å²) in [6.45, 7) is 5.62. The van der Waals surface area contributed by atoms with Gasteiger partial charge >= 0.3 is 0 Å². The molecule has 1 aliphatic rings. The molecule has 1 saturated carbocycles. The van der Waals surface area contributed by atoms with Crippen molar-refractivity contribution in [3.8, 4) is 0 Å². The molecule has 106 valence electrons. The number of halogens is 1. The Bertz CT molecular complexity index is 383. The summed E-state index contributed by atoms with van der Waals surface area (Å²) >= 11 is 6.30. The first-order valence-electron chi connectivity index (χ1n) is 7.67. The van der Waals surface area contributed by atoms with Gasteiger partial charge in [-0.2, -0.15) is 0 Å². The van der Waals surface area contributed by atoms with E-state index in [0.29, 0.717) is 6.04 Å². The van der Waals surface area contributed by atoms with Crippen LogP contribution in [0.15, 0.2) is 24.3 Å². The Morgan fingerprint density at radius 3 is 2.53 bits per heavy atom. The van der Waals surface area contributed by atoms with E-state index in [2.05, 4.69) is 31.3 Å². The second kappa shape index (κ2) is 7.31. The second-order valence-electron chi connectivity index (χ2n) is 5.98. The van der Waals surface area contributed by atoms with Crippen LogP contribution in [0, 0.1) is 11.8 Å². The minimum atomic E-state index is 0.581. The monoisotopic (exact) mass is 279 g/mol. The molecule has 0 bridgehead atoms. The van der Waals surface area contributed by atoms with Crippen molar-refractivity contribution in [1.82, 2.24) is 5.32 Å². The maximum Gasteiger partial charge on any atom is 0.0438 e. The van der Waals surface area contributed by atoms with Gasteiger partial charge in [0.1, 0.15) is 0 Å². The lowest BCUT2D eigenvalue weighted by Gasteiger charge is -2.33. The fraction of sp³-hybridized carbons (Fsp3) is 0.647. The fourth-order valence-corrected chi connectivity index (χ4v) is 3.47. The molecule has 1 aromatic rings. The molecule has 1 unspecified atom stereocenters. The predicted octanol–water partition coefficient (Wildman–Crippen LogP) is 4.69. The van der Waals surface area contributed by atoms with Gasteiger partial charge in [0.15, 0.2) is 0 Å². The van der Waals surface area contributed by atoms with E-state index in [4.69, 9.17) is 11.6 Å². The first kappa shape index (κ1) is 14.9. The van der Waals surface area contributed by atoms with Crippen molar-refractivity contribution in [1.29, 1.82) is 0 Å². The van der Waals surface area contributed by atoms with Crippen molar-refractivity contribution < 1.29 is 0 Å². The van der Waals surface area contributed by atoms with Crippen LogP contribution in [0.3, 0.4) is 0 Å². The highest BCUT2D eigenvalue weighted by Crippen LogP contribution is 2.32. The molecule has 2 rings (SSSR count). The Balaban J connectivity index is 2.02. The summed E-state index contributed by atoms with van der Waals surface area (Å²) in [5.74, 6) is 1.73. The van der Waals surface area contributed by atoms with Gasteiger partial charge in [0.25, 0.3) is 0 Å². The van der Waals surface area contributed by atoms with Crippen molar-refractivity contribution in [2.75, 3.05) is 6.54 Å². The van der Waals surface area contributed by atoms with Crippen LogP contribution in [-0.4, -0.2) is 12.6 Å². The van der Waals surface area contributed by atoms with E-state index >= 15 is 0 Å². The Hall–Kier alpha value is -0.530. The standard InChI is InChI=1S/C17H26ClN/c1-3-19-17(14-10-8-13(2)9-11-14)12-15-6-4-5-7-16(15)18/h4-7,13-14,17,19H,3,8-12H2,1-2H3. The molecule has 2 heteroatoms. The molecule has 1 fully saturated rings. The molecule has 1 aromatic carbocycles. The second-order valence-corrected chi connectivity index (χ2v) is 6.39. The summed E-state index contributed by atoms with van der Waals surface area (Å²) in [7, 11) is 0. The van der Waals surface area contributed by atoms with Gasteiger partial charge in [-0.25, -0.2) is 0 Å². The zero-order valence-electron chi connectivity index (χ0n) is 12.2. The van der Waals surface area contributed by atoms with Crippen LogP contribution in [0.25, 0.3) is 0 Å². The third-order valence-electron chi connectivity index (χ3n) is 4.49. The van der Waals surface area contributed by atoms with Gasteiger partial charge in [-0.05, 0) is 49.3 Å². The number of likely N-dealkylation sites (N-methyl/N-ethyl adjacent to an activating group) is 1. The van der Waals surface area contributed by atoms with Gasteiger partial charge in [-0.15, -0.1) is 0 Å². The number of hydrogen-bond acceptors (Lipinski definition) is 1. The number of nitrogens with one attached hydrogen (secondary N) is 1. The Morgan fingerprint density at radius 2 is 1.89 bits per heavy atom. The topological polar surface area (TPSA) is 12.0 Å². The number of benzene rings is 1. The molecule has 0 heterocycles. The third-order valence-corrected chi connectivity index (χ3v) is 4.86. The lowest BCUT2D eigenvalue weighted by molar-refractivity contribution is 0.230. The highest BCUT2D eigenvalue weighted by atomic mass is 35.5. The van der Waals surface area contributed by atoms with E-state index in [-0.39, 0.29) is 0 Å². The van der Waals surface area contributed by atoms with E-state index in [9.17, 15) is 0 Å². The van der Waals surface area contributed by atoms with E-state index in [0.717, 1.165) is 29.8 Å². The molecule has 1 aliphatic carbocycles. The molecule has 0 saturated heterocycles. The van der Waals surface area contributed by atoms with Crippen LogP contribution in [-0.2, 0) is 6.42 Å².